The van der Waals surface area contributed by atoms with Crippen LogP contribution in [0.1, 0.15) is 37.4 Å². The van der Waals surface area contributed by atoms with Crippen molar-refractivity contribution < 1.29 is 4.39 Å². The van der Waals surface area contributed by atoms with Crippen LogP contribution < -0.4 is 5.32 Å². The van der Waals surface area contributed by atoms with Gasteiger partial charge in [0.25, 0.3) is 0 Å². The second-order valence-electron chi connectivity index (χ2n) is 5.34. The van der Waals surface area contributed by atoms with Crippen molar-refractivity contribution in [1.29, 1.82) is 0 Å². The van der Waals surface area contributed by atoms with Gasteiger partial charge in [0.05, 0.1) is 0 Å². The Bertz CT molecular complexity index is 524. The molecule has 2 aromatic rings. The summed E-state index contributed by atoms with van der Waals surface area (Å²) >= 11 is 0. The van der Waals surface area contributed by atoms with Gasteiger partial charge in [0, 0.05) is 17.6 Å². The van der Waals surface area contributed by atoms with Crippen LogP contribution in [-0.4, -0.2) is 6.04 Å². The Morgan fingerprint density at radius 1 is 0.950 bits per heavy atom. The third-order valence-electron chi connectivity index (χ3n) is 3.62. The molecule has 106 valence electrons. The molecule has 2 atom stereocenters. The highest BCUT2D eigenvalue weighted by Crippen LogP contribution is 2.17. The van der Waals surface area contributed by atoms with E-state index in [1.54, 1.807) is 6.07 Å². The van der Waals surface area contributed by atoms with Gasteiger partial charge in [0.15, 0.2) is 0 Å². The van der Waals surface area contributed by atoms with Crippen LogP contribution in [0.2, 0.25) is 0 Å². The van der Waals surface area contributed by atoms with Gasteiger partial charge >= 0.3 is 0 Å². The summed E-state index contributed by atoms with van der Waals surface area (Å²) in [6.45, 7) is 4.16. The summed E-state index contributed by atoms with van der Waals surface area (Å²) in [4.78, 5) is 0. The van der Waals surface area contributed by atoms with Crippen LogP contribution in [0.15, 0.2) is 54.6 Å². The van der Waals surface area contributed by atoms with Crippen LogP contribution in [0, 0.1) is 5.82 Å². The van der Waals surface area contributed by atoms with E-state index in [9.17, 15) is 4.39 Å². The van der Waals surface area contributed by atoms with Gasteiger partial charge in [-0.1, -0.05) is 48.5 Å². The number of aryl methyl sites for hydroxylation is 1. The van der Waals surface area contributed by atoms with E-state index in [-0.39, 0.29) is 11.9 Å². The SMILES string of the molecule is CC(CCc1ccccc1)NC(C)c1ccccc1F. The van der Waals surface area contributed by atoms with E-state index in [1.807, 2.05) is 25.1 Å². The fourth-order valence-corrected chi connectivity index (χ4v) is 2.45. The molecule has 0 spiro atoms. The first-order chi connectivity index (χ1) is 9.66. The van der Waals surface area contributed by atoms with Crippen molar-refractivity contribution >= 4 is 0 Å². The number of halogens is 1. The van der Waals surface area contributed by atoms with Crippen LogP contribution in [0.4, 0.5) is 4.39 Å². The van der Waals surface area contributed by atoms with Crippen molar-refractivity contribution in [2.24, 2.45) is 0 Å². The lowest BCUT2D eigenvalue weighted by Crippen LogP contribution is -2.29. The van der Waals surface area contributed by atoms with Gasteiger partial charge in [-0.05, 0) is 38.3 Å². The highest BCUT2D eigenvalue weighted by Gasteiger charge is 2.12. The Kier molecular flexibility index (Phi) is 5.31. The van der Waals surface area contributed by atoms with Gasteiger partial charge in [-0.25, -0.2) is 4.39 Å². The van der Waals surface area contributed by atoms with E-state index in [0.29, 0.717) is 6.04 Å². The smallest absolute Gasteiger partial charge is 0.127 e. The predicted octanol–water partition coefficient (Wildman–Crippen LogP) is 4.50. The van der Waals surface area contributed by atoms with E-state index in [0.717, 1.165) is 18.4 Å². The van der Waals surface area contributed by atoms with Crippen molar-refractivity contribution in [3.8, 4) is 0 Å². The Labute approximate surface area is 120 Å². The molecule has 20 heavy (non-hydrogen) atoms. The predicted molar refractivity (Wildman–Crippen MR) is 82.2 cm³/mol. The lowest BCUT2D eigenvalue weighted by atomic mass is 10.0. The minimum Gasteiger partial charge on any atom is -0.308 e. The van der Waals surface area contributed by atoms with Gasteiger partial charge < -0.3 is 5.32 Å². The second kappa shape index (κ2) is 7.20. The lowest BCUT2D eigenvalue weighted by Gasteiger charge is -2.20. The maximum Gasteiger partial charge on any atom is 0.127 e. The summed E-state index contributed by atoms with van der Waals surface area (Å²) in [5, 5.41) is 3.47. The van der Waals surface area contributed by atoms with E-state index in [2.05, 4.69) is 36.5 Å². The molecule has 0 bridgehead atoms. The molecule has 0 heterocycles. The third-order valence-corrected chi connectivity index (χ3v) is 3.62. The van der Waals surface area contributed by atoms with Gasteiger partial charge in [-0.3, -0.25) is 0 Å². The van der Waals surface area contributed by atoms with E-state index in [1.165, 1.54) is 11.6 Å². The molecule has 2 unspecified atom stereocenters. The average molecular weight is 271 g/mol. The van der Waals surface area contributed by atoms with Crippen LogP contribution in [0.5, 0.6) is 0 Å². The fourth-order valence-electron chi connectivity index (χ4n) is 2.45. The standard InChI is InChI=1S/C18H22FN/c1-14(12-13-16-8-4-3-5-9-16)20-15(2)17-10-6-7-11-18(17)19/h3-11,14-15,20H,12-13H2,1-2H3. The molecule has 0 aliphatic heterocycles. The monoisotopic (exact) mass is 271 g/mol. The average Bonchev–Trinajstić information content (AvgIpc) is 2.46. The molecule has 0 radical (unpaired) electrons. The van der Waals surface area contributed by atoms with Crippen LogP contribution in [0.3, 0.4) is 0 Å². The van der Waals surface area contributed by atoms with Crippen LogP contribution in [0.25, 0.3) is 0 Å². The highest BCUT2D eigenvalue weighted by atomic mass is 19.1. The summed E-state index contributed by atoms with van der Waals surface area (Å²) in [6, 6.07) is 17.8. The van der Waals surface area contributed by atoms with E-state index >= 15 is 0 Å². The van der Waals surface area contributed by atoms with Gasteiger partial charge in [-0.15, -0.1) is 0 Å². The molecule has 0 aliphatic rings. The zero-order valence-corrected chi connectivity index (χ0v) is 12.1. The largest absolute Gasteiger partial charge is 0.308 e. The molecule has 0 aliphatic carbocycles. The minimum atomic E-state index is -0.136. The Hall–Kier alpha value is -1.67. The van der Waals surface area contributed by atoms with Gasteiger partial charge in [0.2, 0.25) is 0 Å². The van der Waals surface area contributed by atoms with Crippen molar-refractivity contribution in [3.05, 3.63) is 71.5 Å². The van der Waals surface area contributed by atoms with Crippen molar-refractivity contribution in [2.75, 3.05) is 0 Å². The van der Waals surface area contributed by atoms with Crippen molar-refractivity contribution in [1.82, 2.24) is 5.32 Å². The topological polar surface area (TPSA) is 12.0 Å². The molecule has 2 aromatic carbocycles. The van der Waals surface area contributed by atoms with Crippen LogP contribution >= 0.6 is 0 Å². The third kappa shape index (κ3) is 4.17. The number of hydrogen-bond donors (Lipinski definition) is 1. The number of hydrogen-bond acceptors (Lipinski definition) is 1. The molecule has 0 saturated heterocycles. The summed E-state index contributed by atoms with van der Waals surface area (Å²) in [6.07, 6.45) is 2.09. The normalized spacial score (nSPS) is 13.9. The molecule has 2 heteroatoms. The highest BCUT2D eigenvalue weighted by molar-refractivity contribution is 5.20. The molecular weight excluding hydrogens is 249 g/mol. The molecule has 1 N–H and O–H groups in total. The summed E-state index contributed by atoms with van der Waals surface area (Å²) < 4.78 is 13.7. The maximum atomic E-state index is 13.7. The van der Waals surface area contributed by atoms with Crippen molar-refractivity contribution in [2.45, 2.75) is 38.8 Å². The molecular formula is C18H22FN. The molecule has 0 amide bonds. The molecule has 1 nitrogen and oxygen atoms in total. The fraction of sp³-hybridized carbons (Fsp3) is 0.333. The first kappa shape index (κ1) is 14.7. The number of nitrogens with one attached hydrogen (secondary N) is 1. The summed E-state index contributed by atoms with van der Waals surface area (Å²) in [5.41, 5.74) is 2.08. The molecule has 0 aromatic heterocycles. The number of rotatable bonds is 6. The summed E-state index contributed by atoms with van der Waals surface area (Å²) in [5.74, 6) is -0.136. The van der Waals surface area contributed by atoms with Crippen LogP contribution in [-0.2, 0) is 6.42 Å². The van der Waals surface area contributed by atoms with Gasteiger partial charge in [0.1, 0.15) is 5.82 Å². The molecule has 0 saturated carbocycles. The summed E-state index contributed by atoms with van der Waals surface area (Å²) in [7, 11) is 0. The van der Waals surface area contributed by atoms with Crippen molar-refractivity contribution in [3.63, 3.8) is 0 Å². The number of benzene rings is 2. The first-order valence-corrected chi connectivity index (χ1v) is 7.21. The Morgan fingerprint density at radius 2 is 1.60 bits per heavy atom. The zero-order valence-electron chi connectivity index (χ0n) is 12.1. The Morgan fingerprint density at radius 3 is 2.30 bits per heavy atom. The molecule has 0 fully saturated rings. The second-order valence-corrected chi connectivity index (χ2v) is 5.34. The van der Waals surface area contributed by atoms with E-state index in [4.69, 9.17) is 0 Å². The minimum absolute atomic E-state index is 0.0296. The van der Waals surface area contributed by atoms with E-state index < -0.39 is 0 Å². The van der Waals surface area contributed by atoms with Gasteiger partial charge in [-0.2, -0.15) is 0 Å². The lowest BCUT2D eigenvalue weighted by molar-refractivity contribution is 0.443. The quantitative estimate of drug-likeness (QED) is 0.815. The zero-order chi connectivity index (χ0) is 14.4. The first-order valence-electron chi connectivity index (χ1n) is 7.21. The Balaban J connectivity index is 1.85. The maximum absolute atomic E-state index is 13.7. The molecule has 2 rings (SSSR count).